The van der Waals surface area contributed by atoms with Crippen LogP contribution in [0.5, 0.6) is 0 Å². The number of likely N-dealkylation sites (tertiary alicyclic amines) is 2. The number of carbonyl (C=O) groups is 2. The van der Waals surface area contributed by atoms with Crippen LogP contribution in [0.15, 0.2) is 12.3 Å². The van der Waals surface area contributed by atoms with Crippen molar-refractivity contribution in [3.05, 3.63) is 18.0 Å². The van der Waals surface area contributed by atoms with Crippen LogP contribution in [0.3, 0.4) is 0 Å². The van der Waals surface area contributed by atoms with Gasteiger partial charge in [-0.25, -0.2) is 0 Å². The van der Waals surface area contributed by atoms with Crippen molar-refractivity contribution in [2.75, 3.05) is 26.2 Å². The highest BCUT2D eigenvalue weighted by molar-refractivity contribution is 5.88. The van der Waals surface area contributed by atoms with E-state index in [9.17, 15) is 9.59 Å². The summed E-state index contributed by atoms with van der Waals surface area (Å²) >= 11 is 0. The molecule has 6 heteroatoms. The Balaban J connectivity index is 1.48. The van der Waals surface area contributed by atoms with Gasteiger partial charge in [-0.05, 0) is 50.5 Å². The van der Waals surface area contributed by atoms with Crippen LogP contribution < -0.4 is 0 Å². The van der Waals surface area contributed by atoms with Crippen molar-refractivity contribution in [1.82, 2.24) is 19.6 Å². The van der Waals surface area contributed by atoms with Gasteiger partial charge < -0.3 is 9.80 Å². The van der Waals surface area contributed by atoms with Gasteiger partial charge in [0.25, 0.3) is 0 Å². The van der Waals surface area contributed by atoms with E-state index >= 15 is 0 Å². The summed E-state index contributed by atoms with van der Waals surface area (Å²) < 4.78 is 1.89. The second kappa shape index (κ2) is 5.83. The first kappa shape index (κ1) is 16.3. The predicted molar refractivity (Wildman–Crippen MR) is 96.2 cm³/mol. The molecular formula is C20H28N4O2. The lowest BCUT2D eigenvalue weighted by atomic mass is 9.70. The van der Waals surface area contributed by atoms with Gasteiger partial charge >= 0.3 is 0 Å². The van der Waals surface area contributed by atoms with Crippen LogP contribution in [-0.4, -0.2) is 57.6 Å². The Morgan fingerprint density at radius 2 is 2.12 bits per heavy atom. The smallest absolute Gasteiger partial charge is 0.231 e. The molecule has 26 heavy (non-hydrogen) atoms. The Kier molecular flexibility index (Phi) is 3.66. The summed E-state index contributed by atoms with van der Waals surface area (Å²) in [6, 6.07) is 2.03. The molecule has 2 amide bonds. The minimum Gasteiger partial charge on any atom is -0.342 e. The standard InChI is InChI=1S/C20H28N4O2/c1-22-17(7-9-21-22)16-12-24(18(25)15-5-6-15)13-20(16)8-2-10-23(19(20)26)11-14-3-4-14/h7,9,14-16H,2-6,8,10-13H2,1H3/t16-,20+/m0/s1. The molecule has 2 atom stereocenters. The molecule has 3 heterocycles. The average molecular weight is 356 g/mol. The molecule has 4 aliphatic rings. The molecule has 2 aliphatic heterocycles. The second-order valence-corrected chi connectivity index (χ2v) is 8.88. The van der Waals surface area contributed by atoms with Crippen LogP contribution in [0.4, 0.5) is 0 Å². The third-order valence-corrected chi connectivity index (χ3v) is 6.94. The van der Waals surface area contributed by atoms with E-state index in [-0.39, 0.29) is 23.7 Å². The predicted octanol–water partition coefficient (Wildman–Crippen LogP) is 1.77. The molecule has 1 aromatic heterocycles. The van der Waals surface area contributed by atoms with Crippen molar-refractivity contribution in [2.24, 2.45) is 24.3 Å². The SMILES string of the molecule is Cn1nccc1[C@@H]1CN(C(=O)C2CC2)C[C@]12CCCN(CC1CC1)C2=O. The molecular weight excluding hydrogens is 328 g/mol. The quantitative estimate of drug-likeness (QED) is 0.826. The molecule has 1 aromatic rings. The zero-order valence-electron chi connectivity index (χ0n) is 15.6. The van der Waals surface area contributed by atoms with Crippen molar-refractivity contribution in [3.8, 4) is 0 Å². The summed E-state index contributed by atoms with van der Waals surface area (Å²) in [5.74, 6) is 1.52. The third-order valence-electron chi connectivity index (χ3n) is 6.94. The Morgan fingerprint density at radius 3 is 2.77 bits per heavy atom. The van der Waals surface area contributed by atoms with Crippen molar-refractivity contribution < 1.29 is 9.59 Å². The molecule has 2 saturated carbocycles. The fourth-order valence-electron chi connectivity index (χ4n) is 5.13. The van der Waals surface area contributed by atoms with Gasteiger partial charge in [0, 0.05) is 57.0 Å². The van der Waals surface area contributed by atoms with Crippen molar-refractivity contribution in [1.29, 1.82) is 0 Å². The van der Waals surface area contributed by atoms with Gasteiger partial charge in [-0.15, -0.1) is 0 Å². The molecule has 5 rings (SSSR count). The number of hydrogen-bond donors (Lipinski definition) is 0. The first-order chi connectivity index (χ1) is 12.6. The Labute approximate surface area is 154 Å². The number of hydrogen-bond acceptors (Lipinski definition) is 3. The van der Waals surface area contributed by atoms with Gasteiger partial charge in [0.05, 0.1) is 5.41 Å². The Bertz CT molecular complexity index is 736. The second-order valence-electron chi connectivity index (χ2n) is 8.88. The van der Waals surface area contributed by atoms with Gasteiger partial charge in [0.2, 0.25) is 11.8 Å². The highest BCUT2D eigenvalue weighted by Gasteiger charge is 2.57. The molecule has 2 aliphatic carbocycles. The molecule has 6 nitrogen and oxygen atoms in total. The highest BCUT2D eigenvalue weighted by atomic mass is 16.2. The zero-order chi connectivity index (χ0) is 17.9. The van der Waals surface area contributed by atoms with Crippen LogP contribution in [0.25, 0.3) is 0 Å². The molecule has 0 aromatic carbocycles. The van der Waals surface area contributed by atoms with Gasteiger partial charge in [0.15, 0.2) is 0 Å². The van der Waals surface area contributed by atoms with E-state index in [4.69, 9.17) is 0 Å². The number of piperidine rings is 1. The number of rotatable bonds is 4. The lowest BCUT2D eigenvalue weighted by Crippen LogP contribution is -2.53. The first-order valence-corrected chi connectivity index (χ1v) is 10.1. The van der Waals surface area contributed by atoms with E-state index in [2.05, 4.69) is 10.00 Å². The summed E-state index contributed by atoms with van der Waals surface area (Å²) in [6.45, 7) is 3.05. The summed E-state index contributed by atoms with van der Waals surface area (Å²) in [5, 5.41) is 4.35. The molecule has 140 valence electrons. The molecule has 2 saturated heterocycles. The van der Waals surface area contributed by atoms with Gasteiger partial charge in [-0.1, -0.05) is 0 Å². The molecule has 0 bridgehead atoms. The fraction of sp³-hybridized carbons (Fsp3) is 0.750. The number of nitrogens with zero attached hydrogens (tertiary/aromatic N) is 4. The van der Waals surface area contributed by atoms with E-state index in [1.807, 2.05) is 28.9 Å². The van der Waals surface area contributed by atoms with Gasteiger partial charge in [-0.2, -0.15) is 5.10 Å². The zero-order valence-corrected chi connectivity index (χ0v) is 15.6. The summed E-state index contributed by atoms with van der Waals surface area (Å²) in [4.78, 5) is 30.5. The molecule has 0 radical (unpaired) electrons. The van der Waals surface area contributed by atoms with Crippen LogP contribution in [0.2, 0.25) is 0 Å². The minimum absolute atomic E-state index is 0.0622. The minimum atomic E-state index is -0.453. The number of aryl methyl sites for hydroxylation is 1. The van der Waals surface area contributed by atoms with E-state index < -0.39 is 5.41 Å². The Morgan fingerprint density at radius 1 is 1.31 bits per heavy atom. The normalized spacial score (nSPS) is 31.9. The van der Waals surface area contributed by atoms with E-state index in [1.165, 1.54) is 12.8 Å². The van der Waals surface area contributed by atoms with Crippen LogP contribution in [0.1, 0.15) is 50.1 Å². The molecule has 0 N–H and O–H groups in total. The monoisotopic (exact) mass is 356 g/mol. The average Bonchev–Trinajstić information content (AvgIpc) is 3.54. The number of aromatic nitrogens is 2. The molecule has 4 fully saturated rings. The number of carbonyl (C=O) groups excluding carboxylic acids is 2. The van der Waals surface area contributed by atoms with Crippen molar-refractivity contribution >= 4 is 11.8 Å². The van der Waals surface area contributed by atoms with Gasteiger partial charge in [-0.3, -0.25) is 14.3 Å². The largest absolute Gasteiger partial charge is 0.342 e. The van der Waals surface area contributed by atoms with Crippen LogP contribution in [0, 0.1) is 17.3 Å². The van der Waals surface area contributed by atoms with Crippen molar-refractivity contribution in [2.45, 2.75) is 44.4 Å². The third kappa shape index (κ3) is 2.57. The maximum absolute atomic E-state index is 13.6. The first-order valence-electron chi connectivity index (χ1n) is 10.1. The van der Waals surface area contributed by atoms with E-state index in [1.54, 1.807) is 0 Å². The topological polar surface area (TPSA) is 58.4 Å². The van der Waals surface area contributed by atoms with Crippen molar-refractivity contribution in [3.63, 3.8) is 0 Å². The lowest BCUT2D eigenvalue weighted by Gasteiger charge is -2.42. The van der Waals surface area contributed by atoms with Crippen LogP contribution in [-0.2, 0) is 16.6 Å². The maximum Gasteiger partial charge on any atom is 0.231 e. The molecule has 1 spiro atoms. The lowest BCUT2D eigenvalue weighted by molar-refractivity contribution is -0.147. The summed E-state index contributed by atoms with van der Waals surface area (Å²) in [7, 11) is 1.95. The van der Waals surface area contributed by atoms with Crippen LogP contribution >= 0.6 is 0 Å². The van der Waals surface area contributed by atoms with Gasteiger partial charge in [0.1, 0.15) is 0 Å². The van der Waals surface area contributed by atoms with E-state index in [0.717, 1.165) is 44.5 Å². The summed E-state index contributed by atoms with van der Waals surface area (Å²) in [6.07, 6.45) is 8.28. The molecule has 0 unspecified atom stereocenters. The fourth-order valence-corrected chi connectivity index (χ4v) is 5.13. The highest BCUT2D eigenvalue weighted by Crippen LogP contribution is 2.50. The maximum atomic E-state index is 13.6. The Hall–Kier alpha value is -1.85. The van der Waals surface area contributed by atoms with E-state index in [0.29, 0.717) is 19.0 Å². The summed E-state index contributed by atoms with van der Waals surface area (Å²) in [5.41, 5.74) is 0.642. The number of amides is 2.